The number of hydrogen-bond donors (Lipinski definition) is 1. The van der Waals surface area contributed by atoms with E-state index in [2.05, 4.69) is 20.6 Å². The minimum Gasteiger partial charge on any atom is -0.479 e. The molecular formula is C11H16N6O2. The van der Waals surface area contributed by atoms with Crippen LogP contribution in [0.15, 0.2) is 18.5 Å². The summed E-state index contributed by atoms with van der Waals surface area (Å²) in [6.07, 6.45) is 4.25. The summed E-state index contributed by atoms with van der Waals surface area (Å²) in [4.78, 5) is 11.6. The molecule has 2 aromatic heterocycles. The molecule has 0 atom stereocenters. The van der Waals surface area contributed by atoms with E-state index in [0.29, 0.717) is 25.2 Å². The molecular weight excluding hydrogens is 248 g/mol. The molecule has 0 radical (unpaired) electrons. The monoisotopic (exact) mass is 264 g/mol. The number of carboxylic acids is 1. The van der Waals surface area contributed by atoms with E-state index in [1.54, 1.807) is 23.1 Å². The highest BCUT2D eigenvalue weighted by molar-refractivity contribution is 5.76. The van der Waals surface area contributed by atoms with Crippen molar-refractivity contribution in [1.82, 2.24) is 30.0 Å². The highest BCUT2D eigenvalue weighted by Gasteiger charge is 2.40. The first-order chi connectivity index (χ1) is 9.14. The number of carbonyl (C=O) groups is 1. The summed E-state index contributed by atoms with van der Waals surface area (Å²) in [5.41, 5.74) is -1.11. The number of aliphatic carboxylic acids is 1. The maximum Gasteiger partial charge on any atom is 0.331 e. The SMILES string of the molecule is CCC(CC)(C(=O)O)n1nnnc1Cn1cccn1. The second kappa shape index (κ2) is 5.17. The van der Waals surface area contributed by atoms with Crippen LogP contribution in [0.1, 0.15) is 32.5 Å². The van der Waals surface area contributed by atoms with Gasteiger partial charge in [-0.05, 0) is 29.3 Å². The van der Waals surface area contributed by atoms with Gasteiger partial charge in [-0.15, -0.1) is 5.10 Å². The third-order valence-electron chi connectivity index (χ3n) is 3.37. The minimum absolute atomic E-state index is 0.342. The molecule has 2 rings (SSSR count). The summed E-state index contributed by atoms with van der Waals surface area (Å²) in [5.74, 6) is -0.443. The standard InChI is InChI=1S/C11H16N6O2/c1-3-11(4-2,10(18)19)17-9(13-14-15-17)8-16-7-5-6-12-16/h5-7H,3-4,8H2,1-2H3,(H,18,19). The van der Waals surface area contributed by atoms with Crippen molar-refractivity contribution in [2.45, 2.75) is 38.8 Å². The van der Waals surface area contributed by atoms with Crippen molar-refractivity contribution >= 4 is 5.97 Å². The maximum atomic E-state index is 11.6. The zero-order valence-electron chi connectivity index (χ0n) is 10.9. The van der Waals surface area contributed by atoms with Crippen molar-refractivity contribution in [3.63, 3.8) is 0 Å². The van der Waals surface area contributed by atoms with Gasteiger partial charge in [0, 0.05) is 12.4 Å². The molecule has 0 aliphatic carbocycles. The second-order valence-corrected chi connectivity index (χ2v) is 4.25. The lowest BCUT2D eigenvalue weighted by Gasteiger charge is -2.27. The van der Waals surface area contributed by atoms with Gasteiger partial charge in [-0.3, -0.25) is 4.68 Å². The Balaban J connectivity index is 2.39. The van der Waals surface area contributed by atoms with E-state index in [-0.39, 0.29) is 0 Å². The molecule has 0 fully saturated rings. The van der Waals surface area contributed by atoms with Gasteiger partial charge in [-0.2, -0.15) is 5.10 Å². The van der Waals surface area contributed by atoms with E-state index in [0.717, 1.165) is 0 Å². The predicted molar refractivity (Wildman–Crippen MR) is 65.3 cm³/mol. The summed E-state index contributed by atoms with van der Waals surface area (Å²) < 4.78 is 3.05. The van der Waals surface area contributed by atoms with Crippen molar-refractivity contribution in [3.8, 4) is 0 Å². The van der Waals surface area contributed by atoms with Gasteiger partial charge in [0.25, 0.3) is 0 Å². The Morgan fingerprint density at radius 2 is 2.16 bits per heavy atom. The molecule has 19 heavy (non-hydrogen) atoms. The molecule has 0 aliphatic rings. The van der Waals surface area contributed by atoms with Crippen LogP contribution in [0.4, 0.5) is 0 Å². The molecule has 0 aromatic carbocycles. The lowest BCUT2D eigenvalue weighted by Crippen LogP contribution is -2.43. The van der Waals surface area contributed by atoms with Crippen LogP contribution in [0, 0.1) is 0 Å². The maximum absolute atomic E-state index is 11.6. The van der Waals surface area contributed by atoms with Crippen LogP contribution in [-0.4, -0.2) is 41.1 Å². The fourth-order valence-corrected chi connectivity index (χ4v) is 2.12. The molecule has 2 heterocycles. The first kappa shape index (κ1) is 13.2. The van der Waals surface area contributed by atoms with Gasteiger partial charge in [0.15, 0.2) is 11.4 Å². The first-order valence-corrected chi connectivity index (χ1v) is 6.12. The normalized spacial score (nSPS) is 11.7. The second-order valence-electron chi connectivity index (χ2n) is 4.25. The Morgan fingerprint density at radius 3 is 2.68 bits per heavy atom. The molecule has 102 valence electrons. The fraction of sp³-hybridized carbons (Fsp3) is 0.545. The molecule has 0 bridgehead atoms. The largest absolute Gasteiger partial charge is 0.479 e. The molecule has 8 heteroatoms. The van der Waals surface area contributed by atoms with Gasteiger partial charge >= 0.3 is 5.97 Å². The topological polar surface area (TPSA) is 98.7 Å². The van der Waals surface area contributed by atoms with E-state index < -0.39 is 11.5 Å². The summed E-state index contributed by atoms with van der Waals surface area (Å²) in [6, 6.07) is 1.79. The predicted octanol–water partition coefficient (Wildman–Crippen LogP) is 0.518. The Kier molecular flexibility index (Phi) is 3.59. The van der Waals surface area contributed by atoms with Crippen LogP contribution < -0.4 is 0 Å². The van der Waals surface area contributed by atoms with E-state index in [1.165, 1.54) is 4.68 Å². The molecule has 0 saturated heterocycles. The van der Waals surface area contributed by atoms with E-state index in [4.69, 9.17) is 0 Å². The summed E-state index contributed by atoms with van der Waals surface area (Å²) in [6.45, 7) is 3.98. The molecule has 0 spiro atoms. The Labute approximate surface area is 110 Å². The molecule has 1 N–H and O–H groups in total. The van der Waals surface area contributed by atoms with Crippen molar-refractivity contribution in [3.05, 3.63) is 24.3 Å². The van der Waals surface area contributed by atoms with Gasteiger partial charge in [0.1, 0.15) is 6.54 Å². The average Bonchev–Trinajstić information content (AvgIpc) is 3.04. The lowest BCUT2D eigenvalue weighted by molar-refractivity contribution is -0.148. The molecule has 0 aliphatic heterocycles. The fourth-order valence-electron chi connectivity index (χ4n) is 2.12. The van der Waals surface area contributed by atoms with Gasteiger partial charge in [-0.25, -0.2) is 9.48 Å². The molecule has 0 amide bonds. The highest BCUT2D eigenvalue weighted by Crippen LogP contribution is 2.25. The first-order valence-electron chi connectivity index (χ1n) is 6.12. The van der Waals surface area contributed by atoms with Crippen LogP contribution in [0.2, 0.25) is 0 Å². The van der Waals surface area contributed by atoms with Gasteiger partial charge in [-0.1, -0.05) is 13.8 Å². The Bertz CT molecular complexity index is 543. The number of rotatable bonds is 6. The van der Waals surface area contributed by atoms with E-state index in [1.807, 2.05) is 13.8 Å². The van der Waals surface area contributed by atoms with Crippen LogP contribution >= 0.6 is 0 Å². The third kappa shape index (κ3) is 2.20. The van der Waals surface area contributed by atoms with Crippen molar-refractivity contribution in [1.29, 1.82) is 0 Å². The zero-order chi connectivity index (χ0) is 13.9. The van der Waals surface area contributed by atoms with Gasteiger partial charge < -0.3 is 5.11 Å². The van der Waals surface area contributed by atoms with Crippen LogP contribution in [0.3, 0.4) is 0 Å². The van der Waals surface area contributed by atoms with Crippen molar-refractivity contribution in [2.24, 2.45) is 0 Å². The molecule has 0 saturated carbocycles. The molecule has 0 unspecified atom stereocenters. The number of aromatic nitrogens is 6. The number of tetrazole rings is 1. The molecule has 8 nitrogen and oxygen atoms in total. The van der Waals surface area contributed by atoms with Crippen molar-refractivity contribution in [2.75, 3.05) is 0 Å². The zero-order valence-corrected chi connectivity index (χ0v) is 10.9. The summed E-state index contributed by atoms with van der Waals surface area (Å²) in [7, 11) is 0. The Hall–Kier alpha value is -2.25. The van der Waals surface area contributed by atoms with Gasteiger partial charge in [0.05, 0.1) is 0 Å². The van der Waals surface area contributed by atoms with Crippen LogP contribution in [0.5, 0.6) is 0 Å². The van der Waals surface area contributed by atoms with E-state index in [9.17, 15) is 9.90 Å². The smallest absolute Gasteiger partial charge is 0.331 e. The van der Waals surface area contributed by atoms with Crippen LogP contribution in [0.25, 0.3) is 0 Å². The highest BCUT2D eigenvalue weighted by atomic mass is 16.4. The number of carboxylic acid groups (broad SMARTS) is 1. The molecule has 2 aromatic rings. The average molecular weight is 264 g/mol. The quantitative estimate of drug-likeness (QED) is 0.816. The summed E-state index contributed by atoms with van der Waals surface area (Å²) >= 11 is 0. The summed E-state index contributed by atoms with van der Waals surface area (Å²) in [5, 5.41) is 25.0. The lowest BCUT2D eigenvalue weighted by atomic mass is 9.93. The Morgan fingerprint density at radius 1 is 1.42 bits per heavy atom. The number of hydrogen-bond acceptors (Lipinski definition) is 5. The van der Waals surface area contributed by atoms with Crippen LogP contribution in [-0.2, 0) is 16.9 Å². The van der Waals surface area contributed by atoms with Gasteiger partial charge in [0.2, 0.25) is 0 Å². The number of nitrogens with zero attached hydrogens (tertiary/aromatic N) is 6. The minimum atomic E-state index is -1.11. The van der Waals surface area contributed by atoms with E-state index >= 15 is 0 Å². The third-order valence-corrected chi connectivity index (χ3v) is 3.37. The van der Waals surface area contributed by atoms with Crippen molar-refractivity contribution < 1.29 is 9.90 Å².